The van der Waals surface area contributed by atoms with E-state index >= 15 is 0 Å². The largest absolute Gasteiger partial charge is 0.490 e. The summed E-state index contributed by atoms with van der Waals surface area (Å²) in [6.45, 7) is 0. The third kappa shape index (κ3) is 4.81. The van der Waals surface area contributed by atoms with Crippen molar-refractivity contribution in [2.75, 3.05) is 12.4 Å². The van der Waals surface area contributed by atoms with Gasteiger partial charge < -0.3 is 10.1 Å². The molecule has 29 heavy (non-hydrogen) atoms. The minimum absolute atomic E-state index is 0.0774. The lowest BCUT2D eigenvalue weighted by atomic mass is 10.1. The number of nitro groups is 1. The number of methoxy groups -OCH3 is 1. The Morgan fingerprint density at radius 1 is 1.21 bits per heavy atom. The summed E-state index contributed by atoms with van der Waals surface area (Å²) < 4.78 is 18.0. The molecule has 1 N–H and O–H groups in total. The summed E-state index contributed by atoms with van der Waals surface area (Å²) in [6, 6.07) is 13.2. The van der Waals surface area contributed by atoms with Gasteiger partial charge in [-0.2, -0.15) is 0 Å². The first-order valence-corrected chi connectivity index (χ1v) is 8.50. The molecule has 0 aliphatic carbocycles. The Morgan fingerprint density at radius 2 is 1.97 bits per heavy atom. The standard InChI is InChI=1S/C21H16FN3O4/c1-29-20-11-5-15(13-18(20)25(27)28)19(26)10-4-14-3-2-12-23-21(14)24-17-8-6-16(22)7-9-17/h2-13H,1H3,(H,23,24). The zero-order chi connectivity index (χ0) is 20.8. The third-order valence-corrected chi connectivity index (χ3v) is 4.02. The van der Waals surface area contributed by atoms with E-state index in [-0.39, 0.29) is 22.8 Å². The van der Waals surface area contributed by atoms with E-state index in [2.05, 4.69) is 10.3 Å². The molecule has 0 fully saturated rings. The number of rotatable bonds is 7. The Kier molecular flexibility index (Phi) is 5.94. The van der Waals surface area contributed by atoms with Crippen LogP contribution in [0.3, 0.4) is 0 Å². The molecule has 1 heterocycles. The molecule has 0 aliphatic heterocycles. The number of nitrogens with zero attached hydrogens (tertiary/aromatic N) is 2. The number of ether oxygens (including phenoxy) is 1. The molecule has 3 rings (SSSR count). The van der Waals surface area contributed by atoms with E-state index in [9.17, 15) is 19.3 Å². The van der Waals surface area contributed by atoms with Crippen molar-refractivity contribution < 1.29 is 18.8 Å². The van der Waals surface area contributed by atoms with Crippen LogP contribution in [-0.4, -0.2) is 22.8 Å². The van der Waals surface area contributed by atoms with Crippen LogP contribution in [0, 0.1) is 15.9 Å². The average molecular weight is 393 g/mol. The maximum atomic E-state index is 13.1. The molecular formula is C21H16FN3O4. The van der Waals surface area contributed by atoms with Gasteiger partial charge in [0.15, 0.2) is 11.5 Å². The summed E-state index contributed by atoms with van der Waals surface area (Å²) >= 11 is 0. The summed E-state index contributed by atoms with van der Waals surface area (Å²) in [7, 11) is 1.32. The van der Waals surface area contributed by atoms with Gasteiger partial charge in [-0.05, 0) is 60.7 Å². The molecule has 0 spiro atoms. The average Bonchev–Trinajstić information content (AvgIpc) is 2.74. The Labute approximate surface area is 165 Å². The second kappa shape index (κ2) is 8.75. The molecule has 0 unspecified atom stereocenters. The highest BCUT2D eigenvalue weighted by Gasteiger charge is 2.17. The molecule has 8 heteroatoms. The summed E-state index contributed by atoms with van der Waals surface area (Å²) in [4.78, 5) is 27.2. The molecule has 0 atom stereocenters. The minimum atomic E-state index is -0.606. The van der Waals surface area contributed by atoms with E-state index in [0.29, 0.717) is 17.1 Å². The molecule has 0 saturated heterocycles. The number of aromatic nitrogens is 1. The fourth-order valence-electron chi connectivity index (χ4n) is 2.57. The molecule has 3 aromatic rings. The first-order valence-electron chi connectivity index (χ1n) is 8.50. The van der Waals surface area contributed by atoms with Crippen LogP contribution in [0.5, 0.6) is 5.75 Å². The van der Waals surface area contributed by atoms with E-state index in [0.717, 1.165) is 0 Å². The Morgan fingerprint density at radius 3 is 2.66 bits per heavy atom. The molecule has 0 aliphatic rings. The number of nitro benzene ring substituents is 1. The van der Waals surface area contributed by atoms with E-state index < -0.39 is 10.7 Å². The number of nitrogens with one attached hydrogen (secondary N) is 1. The van der Waals surface area contributed by atoms with Gasteiger partial charge in [-0.3, -0.25) is 14.9 Å². The zero-order valence-corrected chi connectivity index (χ0v) is 15.3. The van der Waals surface area contributed by atoms with Crippen molar-refractivity contribution >= 4 is 29.1 Å². The molecule has 2 aromatic carbocycles. The monoisotopic (exact) mass is 393 g/mol. The first kappa shape index (κ1) is 19.7. The van der Waals surface area contributed by atoms with Crippen LogP contribution in [0.15, 0.2) is 66.9 Å². The number of ketones is 1. The van der Waals surface area contributed by atoms with Crippen molar-refractivity contribution in [3.63, 3.8) is 0 Å². The van der Waals surface area contributed by atoms with Crippen LogP contribution < -0.4 is 10.1 Å². The van der Waals surface area contributed by atoms with Crippen LogP contribution >= 0.6 is 0 Å². The first-order chi connectivity index (χ1) is 14.0. The molecule has 0 radical (unpaired) electrons. The van der Waals surface area contributed by atoms with Gasteiger partial charge in [-0.25, -0.2) is 9.37 Å². The fourth-order valence-corrected chi connectivity index (χ4v) is 2.57. The summed E-state index contributed by atoms with van der Waals surface area (Å²) in [5, 5.41) is 14.2. The highest BCUT2D eigenvalue weighted by atomic mass is 19.1. The fraction of sp³-hybridized carbons (Fsp3) is 0.0476. The molecular weight excluding hydrogens is 377 g/mol. The van der Waals surface area contributed by atoms with Crippen molar-refractivity contribution in [2.24, 2.45) is 0 Å². The predicted molar refractivity (Wildman–Crippen MR) is 107 cm³/mol. The summed E-state index contributed by atoms with van der Waals surface area (Å²) in [5.41, 5.74) is 1.13. The van der Waals surface area contributed by atoms with Crippen molar-refractivity contribution in [1.29, 1.82) is 0 Å². The van der Waals surface area contributed by atoms with Crippen molar-refractivity contribution in [3.8, 4) is 5.75 Å². The van der Waals surface area contributed by atoms with Crippen molar-refractivity contribution in [3.05, 3.63) is 93.9 Å². The van der Waals surface area contributed by atoms with Gasteiger partial charge in [-0.15, -0.1) is 0 Å². The number of anilines is 2. The molecule has 1 aromatic heterocycles. The molecule has 0 saturated carbocycles. The normalized spacial score (nSPS) is 10.7. The van der Waals surface area contributed by atoms with E-state index in [1.807, 2.05) is 0 Å². The highest BCUT2D eigenvalue weighted by molar-refractivity contribution is 6.07. The number of pyridine rings is 1. The second-order valence-electron chi connectivity index (χ2n) is 5.91. The number of allylic oxidation sites excluding steroid dienone is 1. The van der Waals surface area contributed by atoms with Gasteiger partial charge in [0, 0.05) is 29.1 Å². The highest BCUT2D eigenvalue weighted by Crippen LogP contribution is 2.28. The van der Waals surface area contributed by atoms with E-state index in [1.165, 1.54) is 43.5 Å². The van der Waals surface area contributed by atoms with Crippen LogP contribution in [0.25, 0.3) is 6.08 Å². The number of halogens is 1. The van der Waals surface area contributed by atoms with E-state index in [4.69, 9.17) is 4.74 Å². The van der Waals surface area contributed by atoms with E-state index in [1.54, 1.807) is 36.5 Å². The van der Waals surface area contributed by atoms with Crippen LogP contribution in [-0.2, 0) is 0 Å². The predicted octanol–water partition coefficient (Wildman–Crippen LogP) is 4.78. The molecule has 0 bridgehead atoms. The summed E-state index contributed by atoms with van der Waals surface area (Å²) in [6.07, 6.45) is 4.44. The lowest BCUT2D eigenvalue weighted by Crippen LogP contribution is -2.00. The number of carbonyl (C=O) groups excluding carboxylic acids is 1. The quantitative estimate of drug-likeness (QED) is 0.269. The maximum absolute atomic E-state index is 13.1. The van der Waals surface area contributed by atoms with Gasteiger partial charge in [0.25, 0.3) is 0 Å². The SMILES string of the molecule is COc1ccc(C(=O)C=Cc2cccnc2Nc2ccc(F)cc2)cc1[N+](=O)[O-]. The smallest absolute Gasteiger partial charge is 0.311 e. The Hall–Kier alpha value is -4.07. The topological polar surface area (TPSA) is 94.4 Å². The lowest BCUT2D eigenvalue weighted by molar-refractivity contribution is -0.385. The maximum Gasteiger partial charge on any atom is 0.311 e. The zero-order valence-electron chi connectivity index (χ0n) is 15.3. The number of benzene rings is 2. The lowest BCUT2D eigenvalue weighted by Gasteiger charge is -2.08. The van der Waals surface area contributed by atoms with Gasteiger partial charge in [0.05, 0.1) is 12.0 Å². The Bertz CT molecular complexity index is 1080. The van der Waals surface area contributed by atoms with Crippen molar-refractivity contribution in [1.82, 2.24) is 4.98 Å². The third-order valence-electron chi connectivity index (χ3n) is 4.02. The number of hydrogen-bond donors (Lipinski definition) is 1. The number of hydrogen-bond acceptors (Lipinski definition) is 6. The van der Waals surface area contributed by atoms with Crippen LogP contribution in [0.1, 0.15) is 15.9 Å². The molecule has 146 valence electrons. The minimum Gasteiger partial charge on any atom is -0.490 e. The van der Waals surface area contributed by atoms with Crippen molar-refractivity contribution in [2.45, 2.75) is 0 Å². The van der Waals surface area contributed by atoms with Gasteiger partial charge in [0.2, 0.25) is 0 Å². The number of carbonyl (C=O) groups is 1. The molecule has 7 nitrogen and oxygen atoms in total. The van der Waals surface area contributed by atoms with Gasteiger partial charge in [0.1, 0.15) is 11.6 Å². The second-order valence-corrected chi connectivity index (χ2v) is 5.91. The van der Waals surface area contributed by atoms with Gasteiger partial charge in [-0.1, -0.05) is 0 Å². The molecule has 0 amide bonds. The van der Waals surface area contributed by atoms with Crippen LogP contribution in [0.2, 0.25) is 0 Å². The summed E-state index contributed by atoms with van der Waals surface area (Å²) in [5.74, 6) is -0.208. The van der Waals surface area contributed by atoms with Crippen LogP contribution in [0.4, 0.5) is 21.6 Å². The van der Waals surface area contributed by atoms with Gasteiger partial charge >= 0.3 is 5.69 Å². The Balaban J connectivity index is 1.83.